The SMILES string of the molecule is O=c1[nH]cnc2c1ncn2Cc1c(F)cccc1Cl. The summed E-state index contributed by atoms with van der Waals surface area (Å²) in [4.78, 5) is 21.9. The van der Waals surface area contributed by atoms with Crippen LogP contribution >= 0.6 is 11.6 Å². The number of benzene rings is 1. The Morgan fingerprint density at radius 3 is 3.00 bits per heavy atom. The summed E-state index contributed by atoms with van der Waals surface area (Å²) in [5.41, 5.74) is 0.618. The van der Waals surface area contributed by atoms with E-state index in [0.29, 0.717) is 16.2 Å². The molecule has 5 nitrogen and oxygen atoms in total. The molecule has 0 aliphatic heterocycles. The Hall–Kier alpha value is -2.21. The van der Waals surface area contributed by atoms with Gasteiger partial charge < -0.3 is 9.55 Å². The topological polar surface area (TPSA) is 63.6 Å². The minimum absolute atomic E-state index is 0.165. The fourth-order valence-corrected chi connectivity index (χ4v) is 2.08. The Labute approximate surface area is 111 Å². The van der Waals surface area contributed by atoms with Gasteiger partial charge in [-0.1, -0.05) is 17.7 Å². The van der Waals surface area contributed by atoms with Gasteiger partial charge >= 0.3 is 0 Å². The maximum absolute atomic E-state index is 13.7. The first-order valence-corrected chi connectivity index (χ1v) is 5.86. The molecule has 0 aliphatic rings. The van der Waals surface area contributed by atoms with Gasteiger partial charge in [0.2, 0.25) is 0 Å². The first-order valence-electron chi connectivity index (χ1n) is 5.48. The van der Waals surface area contributed by atoms with Gasteiger partial charge in [-0.25, -0.2) is 14.4 Å². The number of rotatable bonds is 2. The van der Waals surface area contributed by atoms with E-state index in [0.717, 1.165) is 0 Å². The third-order valence-electron chi connectivity index (χ3n) is 2.80. The van der Waals surface area contributed by atoms with Crippen LogP contribution < -0.4 is 5.56 Å². The van der Waals surface area contributed by atoms with E-state index in [9.17, 15) is 9.18 Å². The molecule has 3 aromatic rings. The van der Waals surface area contributed by atoms with Gasteiger partial charge in [-0.05, 0) is 12.1 Å². The first-order chi connectivity index (χ1) is 9.16. The number of fused-ring (bicyclic) bond motifs is 1. The summed E-state index contributed by atoms with van der Waals surface area (Å²) < 4.78 is 15.3. The highest BCUT2D eigenvalue weighted by Gasteiger charge is 2.11. The lowest BCUT2D eigenvalue weighted by atomic mass is 10.2. The molecule has 2 aromatic heterocycles. The molecule has 19 heavy (non-hydrogen) atoms. The van der Waals surface area contributed by atoms with E-state index in [1.54, 1.807) is 10.6 Å². The van der Waals surface area contributed by atoms with E-state index in [1.807, 2.05) is 0 Å². The van der Waals surface area contributed by atoms with Crippen molar-refractivity contribution in [3.63, 3.8) is 0 Å². The van der Waals surface area contributed by atoms with Crippen LogP contribution in [-0.4, -0.2) is 19.5 Å². The normalized spacial score (nSPS) is 11.1. The Kier molecular flexibility index (Phi) is 2.79. The largest absolute Gasteiger partial charge is 0.311 e. The summed E-state index contributed by atoms with van der Waals surface area (Å²) in [6.45, 7) is 0.165. The molecule has 0 saturated carbocycles. The third-order valence-corrected chi connectivity index (χ3v) is 3.15. The van der Waals surface area contributed by atoms with Crippen LogP contribution in [0.15, 0.2) is 35.6 Å². The van der Waals surface area contributed by atoms with Crippen LogP contribution in [0.2, 0.25) is 5.02 Å². The summed E-state index contributed by atoms with van der Waals surface area (Å²) in [5, 5.41) is 0.326. The minimum Gasteiger partial charge on any atom is -0.311 e. The number of nitrogens with one attached hydrogen (secondary N) is 1. The van der Waals surface area contributed by atoms with Crippen LogP contribution in [0.25, 0.3) is 11.2 Å². The van der Waals surface area contributed by atoms with Crippen LogP contribution in [0.4, 0.5) is 4.39 Å². The molecule has 0 amide bonds. The lowest BCUT2D eigenvalue weighted by Crippen LogP contribution is -2.08. The van der Waals surface area contributed by atoms with E-state index in [4.69, 9.17) is 11.6 Å². The number of aromatic nitrogens is 4. The molecule has 0 atom stereocenters. The lowest BCUT2D eigenvalue weighted by Gasteiger charge is -2.07. The number of aromatic amines is 1. The zero-order valence-electron chi connectivity index (χ0n) is 9.60. The molecule has 0 aliphatic carbocycles. The van der Waals surface area contributed by atoms with E-state index < -0.39 is 5.82 Å². The quantitative estimate of drug-likeness (QED) is 0.779. The van der Waals surface area contributed by atoms with Gasteiger partial charge in [0, 0.05) is 10.6 Å². The van der Waals surface area contributed by atoms with Gasteiger partial charge in [0.05, 0.1) is 19.2 Å². The second kappa shape index (κ2) is 4.47. The molecule has 0 fully saturated rings. The van der Waals surface area contributed by atoms with Gasteiger partial charge in [0.15, 0.2) is 11.2 Å². The van der Waals surface area contributed by atoms with Gasteiger partial charge in [0.1, 0.15) is 5.82 Å². The molecular weight excluding hydrogens is 271 g/mol. The summed E-state index contributed by atoms with van der Waals surface area (Å²) >= 11 is 5.97. The number of H-pyrrole nitrogens is 1. The third kappa shape index (κ3) is 2.00. The van der Waals surface area contributed by atoms with Crippen molar-refractivity contribution in [1.29, 1.82) is 0 Å². The van der Waals surface area contributed by atoms with Crippen molar-refractivity contribution < 1.29 is 4.39 Å². The molecule has 2 heterocycles. The maximum atomic E-state index is 13.7. The number of hydrogen-bond acceptors (Lipinski definition) is 3. The van der Waals surface area contributed by atoms with E-state index in [1.165, 1.54) is 24.8 Å². The smallest absolute Gasteiger partial charge is 0.278 e. The molecule has 1 N–H and O–H groups in total. The molecule has 1 aromatic carbocycles. The average molecular weight is 279 g/mol. The fraction of sp³-hybridized carbons (Fsp3) is 0.0833. The second-order valence-corrected chi connectivity index (χ2v) is 4.38. The number of imidazole rings is 1. The summed E-state index contributed by atoms with van der Waals surface area (Å²) in [5.74, 6) is -0.404. The van der Waals surface area contributed by atoms with Gasteiger partial charge in [-0.2, -0.15) is 0 Å². The van der Waals surface area contributed by atoms with Crippen molar-refractivity contribution in [2.75, 3.05) is 0 Å². The monoisotopic (exact) mass is 278 g/mol. The van der Waals surface area contributed by atoms with Crippen molar-refractivity contribution >= 4 is 22.8 Å². The molecule has 0 unspecified atom stereocenters. The molecule has 0 spiro atoms. The summed E-state index contributed by atoms with van der Waals surface area (Å²) in [7, 11) is 0. The van der Waals surface area contributed by atoms with Gasteiger partial charge in [0.25, 0.3) is 5.56 Å². The zero-order chi connectivity index (χ0) is 13.4. The van der Waals surface area contributed by atoms with Crippen LogP contribution in [0.1, 0.15) is 5.56 Å². The molecule has 3 rings (SSSR count). The van der Waals surface area contributed by atoms with E-state index in [2.05, 4.69) is 15.0 Å². The Balaban J connectivity index is 2.12. The minimum atomic E-state index is -0.404. The van der Waals surface area contributed by atoms with Crippen molar-refractivity contribution in [2.24, 2.45) is 0 Å². The number of hydrogen-bond donors (Lipinski definition) is 1. The standard InChI is InChI=1S/C12H8ClFN4O/c13-8-2-1-3-9(14)7(8)4-18-6-17-10-11(18)15-5-16-12(10)19/h1-3,5-6H,4H2,(H,15,16,19). The average Bonchev–Trinajstić information content (AvgIpc) is 2.79. The highest BCUT2D eigenvalue weighted by Crippen LogP contribution is 2.21. The second-order valence-electron chi connectivity index (χ2n) is 3.98. The number of nitrogens with zero attached hydrogens (tertiary/aromatic N) is 3. The highest BCUT2D eigenvalue weighted by molar-refractivity contribution is 6.31. The van der Waals surface area contributed by atoms with E-state index >= 15 is 0 Å². The predicted molar refractivity (Wildman–Crippen MR) is 68.7 cm³/mol. The molecule has 7 heteroatoms. The summed E-state index contributed by atoms with van der Waals surface area (Å²) in [6.07, 6.45) is 2.72. The van der Waals surface area contributed by atoms with Crippen LogP contribution in [0.3, 0.4) is 0 Å². The van der Waals surface area contributed by atoms with Crippen LogP contribution in [0, 0.1) is 5.82 Å². The molecule has 96 valence electrons. The fourth-order valence-electron chi connectivity index (χ4n) is 1.86. The maximum Gasteiger partial charge on any atom is 0.278 e. The summed E-state index contributed by atoms with van der Waals surface area (Å²) in [6, 6.07) is 4.48. The molecule has 0 saturated heterocycles. The van der Waals surface area contributed by atoms with Gasteiger partial charge in [-0.3, -0.25) is 4.79 Å². The van der Waals surface area contributed by atoms with Crippen LogP contribution in [0.5, 0.6) is 0 Å². The van der Waals surface area contributed by atoms with Crippen molar-refractivity contribution in [2.45, 2.75) is 6.54 Å². The van der Waals surface area contributed by atoms with E-state index in [-0.39, 0.29) is 17.6 Å². The van der Waals surface area contributed by atoms with Gasteiger partial charge in [-0.15, -0.1) is 0 Å². The van der Waals surface area contributed by atoms with Crippen LogP contribution in [-0.2, 0) is 6.54 Å². The first kappa shape index (κ1) is 11.9. The molecule has 0 radical (unpaired) electrons. The lowest BCUT2D eigenvalue weighted by molar-refractivity contribution is 0.601. The Morgan fingerprint density at radius 1 is 1.37 bits per heavy atom. The van der Waals surface area contributed by atoms with Crippen molar-refractivity contribution in [3.8, 4) is 0 Å². The molecule has 0 bridgehead atoms. The molecular formula is C12H8ClFN4O. The van der Waals surface area contributed by atoms with Crippen molar-refractivity contribution in [3.05, 3.63) is 57.6 Å². The predicted octanol–water partition coefficient (Wildman–Crippen LogP) is 1.96. The van der Waals surface area contributed by atoms with Crippen molar-refractivity contribution in [1.82, 2.24) is 19.5 Å². The highest BCUT2D eigenvalue weighted by atomic mass is 35.5. The zero-order valence-corrected chi connectivity index (χ0v) is 10.4. The Morgan fingerprint density at radius 2 is 2.21 bits per heavy atom. The number of halogens is 2. The Bertz CT molecular complexity index is 791.